The van der Waals surface area contributed by atoms with Gasteiger partial charge in [-0.2, -0.15) is 4.37 Å². The number of carbonyl (C=O) groups is 2. The van der Waals surface area contributed by atoms with Gasteiger partial charge in [-0.15, -0.1) is 0 Å². The zero-order valence-corrected chi connectivity index (χ0v) is 26.3. The van der Waals surface area contributed by atoms with Crippen molar-refractivity contribution in [2.75, 3.05) is 13.1 Å². The molecule has 2 heterocycles. The Morgan fingerprint density at radius 1 is 1.14 bits per heavy atom. The normalized spacial score (nSPS) is 12.3. The topological polar surface area (TPSA) is 106 Å². The fourth-order valence-corrected chi connectivity index (χ4v) is 5.64. The van der Waals surface area contributed by atoms with Crippen molar-refractivity contribution >= 4 is 33.7 Å². The van der Waals surface area contributed by atoms with Crippen molar-refractivity contribution in [1.82, 2.24) is 24.1 Å². The molecule has 2 aromatic carbocycles. The van der Waals surface area contributed by atoms with Gasteiger partial charge in [0.15, 0.2) is 4.83 Å². The molecule has 2 amide bonds. The van der Waals surface area contributed by atoms with Crippen LogP contribution in [0, 0.1) is 19.7 Å². The van der Waals surface area contributed by atoms with Gasteiger partial charge in [0, 0.05) is 18.7 Å². The summed E-state index contributed by atoms with van der Waals surface area (Å²) in [5.41, 5.74) is 1.77. The molecule has 0 spiro atoms. The van der Waals surface area contributed by atoms with Crippen molar-refractivity contribution in [2.45, 2.75) is 72.6 Å². The van der Waals surface area contributed by atoms with Gasteiger partial charge in [-0.25, -0.2) is 14.2 Å². The molecule has 11 heteroatoms. The van der Waals surface area contributed by atoms with Crippen LogP contribution in [0.15, 0.2) is 53.3 Å². The number of nitrogens with one attached hydrogen (secondary N) is 1. The summed E-state index contributed by atoms with van der Waals surface area (Å²) in [6.07, 6.45) is 0.354. The summed E-state index contributed by atoms with van der Waals surface area (Å²) in [6, 6.07) is 12.8. The molecule has 0 aliphatic rings. The number of aromatic nitrogens is 3. The van der Waals surface area contributed by atoms with Crippen LogP contribution in [-0.2, 0) is 11.3 Å². The Balaban J connectivity index is 1.75. The van der Waals surface area contributed by atoms with Crippen molar-refractivity contribution < 1.29 is 18.7 Å². The van der Waals surface area contributed by atoms with Crippen molar-refractivity contribution in [3.63, 3.8) is 0 Å². The summed E-state index contributed by atoms with van der Waals surface area (Å²) in [5.74, 6) is -0.236. The quantitative estimate of drug-likeness (QED) is 0.216. The average molecular weight is 608 g/mol. The molecule has 0 bridgehead atoms. The number of fused-ring (bicyclic) bond motifs is 1. The van der Waals surface area contributed by atoms with Gasteiger partial charge in [-0.05, 0) is 88.8 Å². The minimum absolute atomic E-state index is 0.0768. The number of benzene rings is 2. The molecule has 2 aromatic heterocycles. The number of halogens is 1. The molecule has 4 aromatic rings. The van der Waals surface area contributed by atoms with Crippen LogP contribution in [0.3, 0.4) is 0 Å². The molecule has 0 aliphatic heterocycles. The number of alkyl carbamates (subject to hydrolysis) is 1. The molecular weight excluding hydrogens is 569 g/mol. The number of hydrogen-bond acceptors (Lipinski definition) is 7. The first kappa shape index (κ1) is 31.8. The maximum atomic E-state index is 14.1. The zero-order chi connectivity index (χ0) is 31.3. The predicted molar refractivity (Wildman–Crippen MR) is 166 cm³/mol. The van der Waals surface area contributed by atoms with Crippen molar-refractivity contribution in [3.05, 3.63) is 92.9 Å². The molecule has 0 saturated heterocycles. The number of aryl methyl sites for hydroxylation is 2. The number of ether oxygens (including phenoxy) is 1. The van der Waals surface area contributed by atoms with E-state index in [2.05, 4.69) is 9.69 Å². The van der Waals surface area contributed by atoms with Crippen molar-refractivity contribution in [1.29, 1.82) is 0 Å². The van der Waals surface area contributed by atoms with Gasteiger partial charge >= 0.3 is 6.09 Å². The summed E-state index contributed by atoms with van der Waals surface area (Å²) in [6.45, 7) is 11.6. The second-order valence-electron chi connectivity index (χ2n) is 11.5. The Hall–Kier alpha value is -4.12. The summed E-state index contributed by atoms with van der Waals surface area (Å²) < 4.78 is 25.4. The van der Waals surface area contributed by atoms with Crippen LogP contribution in [0.2, 0.25) is 0 Å². The lowest BCUT2D eigenvalue weighted by Crippen LogP contribution is -2.41. The molecule has 0 saturated carbocycles. The maximum Gasteiger partial charge on any atom is 0.407 e. The van der Waals surface area contributed by atoms with Crippen LogP contribution < -0.4 is 10.9 Å². The second kappa shape index (κ2) is 13.5. The molecule has 0 radical (unpaired) electrons. The van der Waals surface area contributed by atoms with E-state index in [1.54, 1.807) is 56.9 Å². The third-order valence-corrected chi connectivity index (χ3v) is 7.72. The molecule has 9 nitrogen and oxygen atoms in total. The lowest BCUT2D eigenvalue weighted by atomic mass is 10.1. The van der Waals surface area contributed by atoms with Gasteiger partial charge in [-0.1, -0.05) is 36.8 Å². The molecule has 1 N–H and O–H groups in total. The lowest BCUT2D eigenvalue weighted by molar-refractivity contribution is 0.0523. The number of rotatable bonds is 10. The fraction of sp³-hybridized carbons (Fsp3) is 0.406. The Kier molecular flexibility index (Phi) is 9.95. The van der Waals surface area contributed by atoms with Gasteiger partial charge < -0.3 is 15.0 Å². The SMILES string of the molecule is CCC(c1nc2snc(C)c2c(=O)n1Cc1cccc(F)c1)N(CCCNC(=O)OC(C)(C)C)C(=O)c1ccc(C)cc1. The molecule has 0 fully saturated rings. The Morgan fingerprint density at radius 2 is 1.86 bits per heavy atom. The number of hydrogen-bond donors (Lipinski definition) is 1. The van der Waals surface area contributed by atoms with Gasteiger partial charge in [0.25, 0.3) is 11.5 Å². The van der Waals surface area contributed by atoms with E-state index in [0.29, 0.717) is 45.7 Å². The van der Waals surface area contributed by atoms with Crippen molar-refractivity contribution in [2.24, 2.45) is 0 Å². The Bertz CT molecular complexity index is 1660. The minimum Gasteiger partial charge on any atom is -0.444 e. The van der Waals surface area contributed by atoms with Crippen molar-refractivity contribution in [3.8, 4) is 0 Å². The van der Waals surface area contributed by atoms with E-state index < -0.39 is 23.6 Å². The highest BCUT2D eigenvalue weighted by molar-refractivity contribution is 7.12. The van der Waals surface area contributed by atoms with E-state index in [1.807, 2.05) is 26.0 Å². The molecule has 1 unspecified atom stereocenters. The van der Waals surface area contributed by atoms with Crippen LogP contribution in [0.5, 0.6) is 0 Å². The number of amides is 2. The highest BCUT2D eigenvalue weighted by atomic mass is 32.1. The van der Waals surface area contributed by atoms with E-state index in [1.165, 1.54) is 16.7 Å². The van der Waals surface area contributed by atoms with E-state index in [9.17, 15) is 18.8 Å². The van der Waals surface area contributed by atoms with E-state index in [-0.39, 0.29) is 31.1 Å². The predicted octanol–water partition coefficient (Wildman–Crippen LogP) is 6.17. The molecule has 4 rings (SSSR count). The van der Waals surface area contributed by atoms with Crippen LogP contribution in [-0.4, -0.2) is 49.5 Å². The van der Waals surface area contributed by atoms with Gasteiger partial charge in [-0.3, -0.25) is 14.2 Å². The third-order valence-electron chi connectivity index (χ3n) is 6.89. The summed E-state index contributed by atoms with van der Waals surface area (Å²) >= 11 is 1.14. The largest absolute Gasteiger partial charge is 0.444 e. The smallest absolute Gasteiger partial charge is 0.407 e. The molecule has 0 aliphatic carbocycles. The highest BCUT2D eigenvalue weighted by Gasteiger charge is 2.30. The zero-order valence-electron chi connectivity index (χ0n) is 25.4. The Morgan fingerprint density at radius 3 is 2.51 bits per heavy atom. The minimum atomic E-state index is -0.629. The maximum absolute atomic E-state index is 14.1. The fourth-order valence-electron chi connectivity index (χ4n) is 4.87. The van der Waals surface area contributed by atoms with E-state index >= 15 is 0 Å². The van der Waals surface area contributed by atoms with E-state index in [4.69, 9.17) is 9.72 Å². The van der Waals surface area contributed by atoms with Gasteiger partial charge in [0.05, 0.1) is 23.7 Å². The summed E-state index contributed by atoms with van der Waals surface area (Å²) in [5, 5.41) is 3.17. The van der Waals surface area contributed by atoms with Gasteiger partial charge in [0.1, 0.15) is 17.2 Å². The van der Waals surface area contributed by atoms with E-state index in [0.717, 1.165) is 17.1 Å². The van der Waals surface area contributed by atoms with Crippen LogP contribution in [0.4, 0.5) is 9.18 Å². The molecule has 43 heavy (non-hydrogen) atoms. The monoisotopic (exact) mass is 607 g/mol. The summed E-state index contributed by atoms with van der Waals surface area (Å²) in [7, 11) is 0. The van der Waals surface area contributed by atoms with Crippen LogP contribution >= 0.6 is 11.5 Å². The molecular formula is C32H38FN5O4S. The highest BCUT2D eigenvalue weighted by Crippen LogP contribution is 2.28. The molecule has 1 atom stereocenters. The van der Waals surface area contributed by atoms with Crippen LogP contribution in [0.25, 0.3) is 10.2 Å². The standard InChI is InChI=1S/C32H38FN5O4S/c1-7-25(27-35-28-26(21(3)36-43-28)30(40)38(27)19-22-10-8-11-24(33)18-22)37(29(39)23-14-12-20(2)13-15-23)17-9-16-34-31(41)42-32(4,5)6/h8,10-15,18,25H,7,9,16-17,19H2,1-6H3,(H,34,41). The first-order chi connectivity index (χ1) is 20.4. The second-order valence-corrected chi connectivity index (χ2v) is 12.3. The summed E-state index contributed by atoms with van der Waals surface area (Å²) in [4.78, 5) is 47.3. The third kappa shape index (κ3) is 7.84. The molecule has 228 valence electrons. The van der Waals surface area contributed by atoms with Gasteiger partial charge in [0.2, 0.25) is 0 Å². The first-order valence-electron chi connectivity index (χ1n) is 14.3. The average Bonchev–Trinajstić information content (AvgIpc) is 3.31. The number of nitrogens with zero attached hydrogens (tertiary/aromatic N) is 4. The van der Waals surface area contributed by atoms with Crippen LogP contribution in [0.1, 0.15) is 79.6 Å². The number of carbonyl (C=O) groups excluding carboxylic acids is 2. The first-order valence-corrected chi connectivity index (χ1v) is 15.1. The Labute approximate surface area is 254 Å². The lowest BCUT2D eigenvalue weighted by Gasteiger charge is -2.32.